The van der Waals surface area contributed by atoms with Crippen molar-refractivity contribution in [1.29, 1.82) is 0 Å². The summed E-state index contributed by atoms with van der Waals surface area (Å²) < 4.78 is 5.16. The highest BCUT2D eigenvalue weighted by molar-refractivity contribution is 5.64. The summed E-state index contributed by atoms with van der Waals surface area (Å²) in [7, 11) is 1.51. The average molecular weight is 350 g/mol. The first-order valence-corrected chi connectivity index (χ1v) is 8.42. The summed E-state index contributed by atoms with van der Waals surface area (Å²) in [6.07, 6.45) is 4.25. The maximum Gasteiger partial charge on any atom is 0.161 e. The van der Waals surface area contributed by atoms with E-state index in [9.17, 15) is 5.11 Å². The Morgan fingerprint density at radius 2 is 2.04 bits per heavy atom. The van der Waals surface area contributed by atoms with Crippen LogP contribution in [0.3, 0.4) is 0 Å². The minimum atomic E-state index is 0.0809. The molecule has 0 bridgehead atoms. The predicted octanol–water partition coefficient (Wildman–Crippen LogP) is 4.00. The molecule has 6 nitrogen and oxygen atoms in total. The Kier molecular flexibility index (Phi) is 5.22. The van der Waals surface area contributed by atoms with Gasteiger partial charge in [-0.1, -0.05) is 19.1 Å². The Balaban J connectivity index is 1.87. The second-order valence-electron chi connectivity index (χ2n) is 5.95. The highest BCUT2D eigenvalue weighted by Crippen LogP contribution is 2.31. The fourth-order valence-corrected chi connectivity index (χ4v) is 2.79. The van der Waals surface area contributed by atoms with Gasteiger partial charge in [0.05, 0.1) is 31.2 Å². The highest BCUT2D eigenvalue weighted by Gasteiger charge is 2.12. The van der Waals surface area contributed by atoms with Gasteiger partial charge < -0.3 is 20.9 Å². The van der Waals surface area contributed by atoms with E-state index in [1.54, 1.807) is 30.6 Å². The molecular weight excluding hydrogens is 328 g/mol. The van der Waals surface area contributed by atoms with Crippen LogP contribution in [-0.2, 0) is 0 Å². The molecule has 0 saturated heterocycles. The predicted molar refractivity (Wildman–Crippen MR) is 103 cm³/mol. The summed E-state index contributed by atoms with van der Waals surface area (Å²) in [5.74, 6) is 1.16. The van der Waals surface area contributed by atoms with Gasteiger partial charge in [-0.3, -0.25) is 4.98 Å². The van der Waals surface area contributed by atoms with Crippen LogP contribution in [0.5, 0.6) is 11.5 Å². The van der Waals surface area contributed by atoms with Crippen LogP contribution in [0.25, 0.3) is 11.3 Å². The number of anilines is 2. The van der Waals surface area contributed by atoms with Gasteiger partial charge >= 0.3 is 0 Å². The summed E-state index contributed by atoms with van der Waals surface area (Å²) in [6, 6.07) is 13.0. The zero-order valence-electron chi connectivity index (χ0n) is 14.8. The molecular formula is C20H22N4O2. The zero-order chi connectivity index (χ0) is 18.5. The van der Waals surface area contributed by atoms with Crippen LogP contribution < -0.4 is 15.8 Å². The number of nitrogens with zero attached hydrogens (tertiary/aromatic N) is 2. The number of phenols is 1. The highest BCUT2D eigenvalue weighted by atomic mass is 16.5. The lowest BCUT2D eigenvalue weighted by Gasteiger charge is -2.18. The molecule has 0 spiro atoms. The molecule has 1 heterocycles. The second kappa shape index (κ2) is 7.74. The van der Waals surface area contributed by atoms with E-state index in [0.717, 1.165) is 23.2 Å². The monoisotopic (exact) mass is 350 g/mol. The summed E-state index contributed by atoms with van der Waals surface area (Å²) in [5, 5.41) is 13.2. The van der Waals surface area contributed by atoms with E-state index in [1.165, 1.54) is 7.11 Å². The van der Waals surface area contributed by atoms with Crippen molar-refractivity contribution in [3.05, 3.63) is 60.4 Å². The summed E-state index contributed by atoms with van der Waals surface area (Å²) in [4.78, 5) is 8.93. The Bertz CT molecular complexity index is 898. The number of nitrogens with one attached hydrogen (secondary N) is 1. The topological polar surface area (TPSA) is 93.3 Å². The second-order valence-corrected chi connectivity index (χ2v) is 5.95. The van der Waals surface area contributed by atoms with Crippen LogP contribution >= 0.6 is 0 Å². The van der Waals surface area contributed by atoms with Gasteiger partial charge in [0.2, 0.25) is 0 Å². The number of nitrogens with two attached hydrogens (primary N) is 1. The van der Waals surface area contributed by atoms with Gasteiger partial charge in [0.1, 0.15) is 5.82 Å². The van der Waals surface area contributed by atoms with Crippen molar-refractivity contribution in [2.24, 2.45) is 0 Å². The number of nitrogen functional groups attached to an aromatic ring is 1. The van der Waals surface area contributed by atoms with Crippen LogP contribution in [0.15, 0.2) is 54.9 Å². The van der Waals surface area contributed by atoms with Gasteiger partial charge in [0.15, 0.2) is 11.5 Å². The number of ether oxygens (including phenoxy) is 1. The standard InChI is InChI=1S/C20H22N4O2/c1-3-16(13-5-4-6-15(21)9-13)23-20-12-22-11-17(24-20)14-7-8-18(25)19(10-14)26-2/h4-12,16,25H,3,21H2,1-2H3,(H,23,24). The van der Waals surface area contributed by atoms with Crippen LogP contribution in [0.1, 0.15) is 24.9 Å². The van der Waals surface area contributed by atoms with E-state index >= 15 is 0 Å². The fourth-order valence-electron chi connectivity index (χ4n) is 2.79. The van der Waals surface area contributed by atoms with Crippen molar-refractivity contribution >= 4 is 11.5 Å². The molecule has 134 valence electrons. The van der Waals surface area contributed by atoms with E-state index in [-0.39, 0.29) is 11.8 Å². The summed E-state index contributed by atoms with van der Waals surface area (Å²) >= 11 is 0. The van der Waals surface area contributed by atoms with Gasteiger partial charge in [-0.25, -0.2) is 4.98 Å². The minimum Gasteiger partial charge on any atom is -0.504 e. The molecule has 3 rings (SSSR count). The molecule has 3 aromatic rings. The van der Waals surface area contributed by atoms with E-state index in [1.807, 2.05) is 24.3 Å². The Morgan fingerprint density at radius 1 is 1.19 bits per heavy atom. The fraction of sp³-hybridized carbons (Fsp3) is 0.200. The smallest absolute Gasteiger partial charge is 0.161 e. The third kappa shape index (κ3) is 3.85. The maximum absolute atomic E-state index is 9.75. The summed E-state index contributed by atoms with van der Waals surface area (Å²) in [6.45, 7) is 2.10. The number of aromatic nitrogens is 2. The number of rotatable bonds is 6. The minimum absolute atomic E-state index is 0.0809. The lowest BCUT2D eigenvalue weighted by Crippen LogP contribution is -2.11. The molecule has 1 unspecified atom stereocenters. The molecule has 0 aliphatic rings. The molecule has 0 fully saturated rings. The van der Waals surface area contributed by atoms with Crippen molar-refractivity contribution in [2.45, 2.75) is 19.4 Å². The number of methoxy groups -OCH3 is 1. The van der Waals surface area contributed by atoms with E-state index < -0.39 is 0 Å². The van der Waals surface area contributed by atoms with Gasteiger partial charge in [0, 0.05) is 11.3 Å². The molecule has 4 N–H and O–H groups in total. The van der Waals surface area contributed by atoms with Gasteiger partial charge in [-0.05, 0) is 42.3 Å². The average Bonchev–Trinajstić information content (AvgIpc) is 2.66. The molecule has 26 heavy (non-hydrogen) atoms. The van der Waals surface area contributed by atoms with Crippen LogP contribution in [0.4, 0.5) is 11.5 Å². The molecule has 0 aliphatic heterocycles. The van der Waals surface area contributed by atoms with Crippen LogP contribution in [0.2, 0.25) is 0 Å². The van der Waals surface area contributed by atoms with E-state index in [2.05, 4.69) is 22.2 Å². The Morgan fingerprint density at radius 3 is 2.77 bits per heavy atom. The van der Waals surface area contributed by atoms with Crippen molar-refractivity contribution in [2.75, 3.05) is 18.2 Å². The molecule has 0 amide bonds. The third-order valence-corrected chi connectivity index (χ3v) is 4.15. The van der Waals surface area contributed by atoms with Gasteiger partial charge in [-0.15, -0.1) is 0 Å². The molecule has 6 heteroatoms. The number of phenolic OH excluding ortho intramolecular Hbond substituents is 1. The molecule has 0 aliphatic carbocycles. The first-order chi connectivity index (χ1) is 12.6. The molecule has 1 aromatic heterocycles. The summed E-state index contributed by atoms with van der Waals surface area (Å²) in [5.41, 5.74) is 9.24. The van der Waals surface area contributed by atoms with Gasteiger partial charge in [0.25, 0.3) is 0 Å². The quantitative estimate of drug-likeness (QED) is 0.582. The van der Waals surface area contributed by atoms with E-state index in [0.29, 0.717) is 17.3 Å². The van der Waals surface area contributed by atoms with Crippen LogP contribution in [-0.4, -0.2) is 22.2 Å². The number of hydrogen-bond donors (Lipinski definition) is 3. The normalized spacial score (nSPS) is 11.8. The number of hydrogen-bond acceptors (Lipinski definition) is 6. The Labute approximate surface area is 152 Å². The third-order valence-electron chi connectivity index (χ3n) is 4.15. The zero-order valence-corrected chi connectivity index (χ0v) is 14.8. The van der Waals surface area contributed by atoms with Crippen molar-refractivity contribution in [3.8, 4) is 22.8 Å². The van der Waals surface area contributed by atoms with Gasteiger partial charge in [-0.2, -0.15) is 0 Å². The SMILES string of the molecule is CCC(Nc1cncc(-c2ccc(O)c(OC)c2)n1)c1cccc(N)c1. The lowest BCUT2D eigenvalue weighted by atomic mass is 10.0. The molecule has 2 aromatic carbocycles. The van der Waals surface area contributed by atoms with Crippen LogP contribution in [0, 0.1) is 0 Å². The van der Waals surface area contributed by atoms with Crippen molar-refractivity contribution in [3.63, 3.8) is 0 Å². The first kappa shape index (κ1) is 17.5. The lowest BCUT2D eigenvalue weighted by molar-refractivity contribution is 0.373. The molecule has 0 saturated carbocycles. The Hall–Kier alpha value is -3.28. The van der Waals surface area contributed by atoms with E-state index in [4.69, 9.17) is 10.5 Å². The van der Waals surface area contributed by atoms with Crippen molar-refractivity contribution < 1.29 is 9.84 Å². The maximum atomic E-state index is 9.75. The molecule has 1 atom stereocenters. The first-order valence-electron chi connectivity index (χ1n) is 8.42. The largest absolute Gasteiger partial charge is 0.504 e. The number of benzene rings is 2. The van der Waals surface area contributed by atoms with Crippen molar-refractivity contribution in [1.82, 2.24) is 9.97 Å². The molecule has 0 radical (unpaired) electrons. The number of aromatic hydroxyl groups is 1.